The first kappa shape index (κ1) is 16.6. The Balaban J connectivity index is 1.87. The third-order valence-corrected chi connectivity index (χ3v) is 4.41. The highest BCUT2D eigenvalue weighted by molar-refractivity contribution is 5.89. The molecule has 3 N–H and O–H groups in total. The molecule has 1 saturated heterocycles. The van der Waals surface area contributed by atoms with Gasteiger partial charge < -0.3 is 20.6 Å². The number of aliphatic hydroxyl groups is 1. The zero-order valence-corrected chi connectivity index (χ0v) is 13.7. The standard InChI is InChI=1S/C17H27N3O2/c1-12-8-9-20(10-12)16-6-4-15(5-7-16)19-17(22)18-14(3)13(2)11-21/h4-7,12-14,21H,8-11H2,1-3H3,(H2,18,19,22)/t12-,13-,14+/m1/s1. The first-order chi connectivity index (χ1) is 10.5. The maximum absolute atomic E-state index is 11.9. The molecule has 22 heavy (non-hydrogen) atoms. The Morgan fingerprint density at radius 1 is 1.36 bits per heavy atom. The van der Waals surface area contributed by atoms with E-state index >= 15 is 0 Å². The first-order valence-electron chi connectivity index (χ1n) is 8.03. The van der Waals surface area contributed by atoms with Gasteiger partial charge in [-0.3, -0.25) is 0 Å². The first-order valence-corrected chi connectivity index (χ1v) is 8.03. The number of nitrogens with zero attached hydrogens (tertiary/aromatic N) is 1. The van der Waals surface area contributed by atoms with Gasteiger partial charge in [-0.1, -0.05) is 13.8 Å². The van der Waals surface area contributed by atoms with Gasteiger partial charge in [0, 0.05) is 37.1 Å². The quantitative estimate of drug-likeness (QED) is 0.783. The summed E-state index contributed by atoms with van der Waals surface area (Å²) in [6.07, 6.45) is 1.24. The van der Waals surface area contributed by atoms with Crippen molar-refractivity contribution >= 4 is 17.4 Å². The van der Waals surface area contributed by atoms with Crippen LogP contribution in [0.4, 0.5) is 16.2 Å². The number of amides is 2. The Labute approximate surface area is 132 Å². The summed E-state index contributed by atoms with van der Waals surface area (Å²) >= 11 is 0. The van der Waals surface area contributed by atoms with Gasteiger partial charge in [0.25, 0.3) is 0 Å². The van der Waals surface area contributed by atoms with Crippen LogP contribution in [0.15, 0.2) is 24.3 Å². The van der Waals surface area contributed by atoms with Gasteiger partial charge in [-0.15, -0.1) is 0 Å². The molecular weight excluding hydrogens is 278 g/mol. The molecule has 0 aromatic heterocycles. The molecule has 122 valence electrons. The molecule has 2 rings (SSSR count). The fourth-order valence-electron chi connectivity index (χ4n) is 2.60. The van der Waals surface area contributed by atoms with Crippen LogP contribution in [-0.4, -0.2) is 36.9 Å². The van der Waals surface area contributed by atoms with E-state index in [9.17, 15) is 4.79 Å². The van der Waals surface area contributed by atoms with Crippen LogP contribution >= 0.6 is 0 Å². The summed E-state index contributed by atoms with van der Waals surface area (Å²) in [5.41, 5.74) is 1.98. The second-order valence-electron chi connectivity index (χ2n) is 6.43. The number of benzene rings is 1. The number of carbonyl (C=O) groups excluding carboxylic acids is 1. The summed E-state index contributed by atoms with van der Waals surface area (Å²) in [6, 6.07) is 7.64. The number of nitrogens with one attached hydrogen (secondary N) is 2. The number of urea groups is 1. The van der Waals surface area contributed by atoms with Crippen molar-refractivity contribution < 1.29 is 9.90 Å². The molecule has 0 radical (unpaired) electrons. The van der Waals surface area contributed by atoms with E-state index in [1.165, 1.54) is 12.1 Å². The van der Waals surface area contributed by atoms with E-state index in [0.717, 1.165) is 24.7 Å². The average Bonchev–Trinajstić information content (AvgIpc) is 2.93. The summed E-state index contributed by atoms with van der Waals surface area (Å²) in [6.45, 7) is 8.32. The molecule has 1 heterocycles. The zero-order chi connectivity index (χ0) is 16.1. The van der Waals surface area contributed by atoms with Crippen LogP contribution in [0.3, 0.4) is 0 Å². The molecule has 1 fully saturated rings. The Morgan fingerprint density at radius 3 is 2.59 bits per heavy atom. The predicted molar refractivity (Wildman–Crippen MR) is 90.3 cm³/mol. The lowest BCUT2D eigenvalue weighted by Gasteiger charge is -2.20. The third-order valence-electron chi connectivity index (χ3n) is 4.41. The van der Waals surface area contributed by atoms with E-state index < -0.39 is 0 Å². The van der Waals surface area contributed by atoms with Gasteiger partial charge >= 0.3 is 6.03 Å². The van der Waals surface area contributed by atoms with Crippen molar-refractivity contribution in [3.05, 3.63) is 24.3 Å². The van der Waals surface area contributed by atoms with Gasteiger partial charge in [-0.2, -0.15) is 0 Å². The van der Waals surface area contributed by atoms with Crippen LogP contribution in [-0.2, 0) is 0 Å². The Kier molecular flexibility index (Phi) is 5.66. The normalized spacial score (nSPS) is 20.5. The topological polar surface area (TPSA) is 64.6 Å². The van der Waals surface area contributed by atoms with E-state index in [1.54, 1.807) is 0 Å². The van der Waals surface area contributed by atoms with Crippen LogP contribution in [0.25, 0.3) is 0 Å². The molecule has 1 aromatic rings. The van der Waals surface area contributed by atoms with Crippen LogP contribution in [0.5, 0.6) is 0 Å². The molecule has 3 atom stereocenters. The summed E-state index contributed by atoms with van der Waals surface area (Å²) in [7, 11) is 0. The zero-order valence-electron chi connectivity index (χ0n) is 13.7. The van der Waals surface area contributed by atoms with Crippen molar-refractivity contribution in [1.82, 2.24) is 5.32 Å². The van der Waals surface area contributed by atoms with Crippen LogP contribution in [0.2, 0.25) is 0 Å². The van der Waals surface area contributed by atoms with Crippen LogP contribution in [0.1, 0.15) is 27.2 Å². The Morgan fingerprint density at radius 2 is 2.05 bits per heavy atom. The molecular formula is C17H27N3O2. The second-order valence-corrected chi connectivity index (χ2v) is 6.43. The number of hydrogen-bond donors (Lipinski definition) is 3. The lowest BCUT2D eigenvalue weighted by Crippen LogP contribution is -2.40. The molecule has 0 bridgehead atoms. The van der Waals surface area contributed by atoms with Gasteiger partial charge in [-0.05, 0) is 49.4 Å². The van der Waals surface area contributed by atoms with Crippen molar-refractivity contribution in [2.45, 2.75) is 33.2 Å². The van der Waals surface area contributed by atoms with E-state index in [-0.39, 0.29) is 24.6 Å². The fraction of sp³-hybridized carbons (Fsp3) is 0.588. The predicted octanol–water partition coefficient (Wildman–Crippen LogP) is 2.67. The van der Waals surface area contributed by atoms with E-state index in [0.29, 0.717) is 0 Å². The number of carbonyl (C=O) groups is 1. The average molecular weight is 305 g/mol. The number of rotatable bonds is 5. The Bertz CT molecular complexity index is 489. The molecule has 0 saturated carbocycles. The molecule has 0 spiro atoms. The van der Waals surface area contributed by atoms with Gasteiger partial charge in [0.1, 0.15) is 0 Å². The maximum atomic E-state index is 11.9. The Hall–Kier alpha value is -1.75. The molecule has 1 aliphatic heterocycles. The summed E-state index contributed by atoms with van der Waals surface area (Å²) < 4.78 is 0. The van der Waals surface area contributed by atoms with E-state index in [1.807, 2.05) is 38.1 Å². The van der Waals surface area contributed by atoms with Crippen LogP contribution < -0.4 is 15.5 Å². The van der Waals surface area contributed by atoms with Crippen molar-refractivity contribution in [3.8, 4) is 0 Å². The summed E-state index contributed by atoms with van der Waals surface area (Å²) in [5, 5.41) is 14.7. The fourth-order valence-corrected chi connectivity index (χ4v) is 2.60. The van der Waals surface area contributed by atoms with Crippen molar-refractivity contribution in [2.24, 2.45) is 11.8 Å². The van der Waals surface area contributed by atoms with Crippen molar-refractivity contribution in [2.75, 3.05) is 29.9 Å². The highest BCUT2D eigenvalue weighted by atomic mass is 16.3. The SMILES string of the molecule is C[C@@H]1CCN(c2ccc(NC(=O)N[C@@H](C)[C@H](C)CO)cc2)C1. The highest BCUT2D eigenvalue weighted by Gasteiger charge is 2.19. The second kappa shape index (κ2) is 7.49. The largest absolute Gasteiger partial charge is 0.396 e. The molecule has 1 aromatic carbocycles. The monoisotopic (exact) mass is 305 g/mol. The minimum atomic E-state index is -0.240. The molecule has 0 aliphatic carbocycles. The highest BCUT2D eigenvalue weighted by Crippen LogP contribution is 2.24. The van der Waals surface area contributed by atoms with Gasteiger partial charge in [0.2, 0.25) is 0 Å². The molecule has 0 unspecified atom stereocenters. The molecule has 1 aliphatic rings. The lowest BCUT2D eigenvalue weighted by molar-refractivity contribution is 0.204. The molecule has 5 nitrogen and oxygen atoms in total. The molecule has 5 heteroatoms. The maximum Gasteiger partial charge on any atom is 0.319 e. The molecule has 2 amide bonds. The summed E-state index contributed by atoms with van der Waals surface area (Å²) in [4.78, 5) is 14.3. The van der Waals surface area contributed by atoms with Gasteiger partial charge in [0.15, 0.2) is 0 Å². The van der Waals surface area contributed by atoms with E-state index in [2.05, 4.69) is 22.5 Å². The van der Waals surface area contributed by atoms with Crippen molar-refractivity contribution in [1.29, 1.82) is 0 Å². The van der Waals surface area contributed by atoms with Crippen molar-refractivity contribution in [3.63, 3.8) is 0 Å². The van der Waals surface area contributed by atoms with Crippen LogP contribution in [0, 0.1) is 11.8 Å². The minimum Gasteiger partial charge on any atom is -0.396 e. The summed E-state index contributed by atoms with van der Waals surface area (Å²) in [5.74, 6) is 0.781. The number of aliphatic hydroxyl groups excluding tert-OH is 1. The number of hydrogen-bond acceptors (Lipinski definition) is 3. The number of anilines is 2. The van der Waals surface area contributed by atoms with E-state index in [4.69, 9.17) is 5.11 Å². The lowest BCUT2D eigenvalue weighted by atomic mass is 10.1. The minimum absolute atomic E-state index is 0.0327. The van der Waals surface area contributed by atoms with Gasteiger partial charge in [-0.25, -0.2) is 4.79 Å². The van der Waals surface area contributed by atoms with Gasteiger partial charge in [0.05, 0.1) is 0 Å². The third kappa shape index (κ3) is 4.37. The smallest absolute Gasteiger partial charge is 0.319 e.